The number of rotatable bonds is 2. The molecule has 22 heavy (non-hydrogen) atoms. The van der Waals surface area contributed by atoms with Crippen molar-refractivity contribution in [3.63, 3.8) is 0 Å². The van der Waals surface area contributed by atoms with Gasteiger partial charge in [-0.1, -0.05) is 0 Å². The number of carbonyl (C=O) groups excluding carboxylic acids is 1. The molecular weight excluding hydrogens is 282 g/mol. The van der Waals surface area contributed by atoms with Crippen LogP contribution in [0.3, 0.4) is 0 Å². The van der Waals surface area contributed by atoms with Crippen LogP contribution in [0.15, 0.2) is 18.2 Å². The quantitative estimate of drug-likeness (QED) is 0.912. The molecule has 1 aromatic carbocycles. The molecule has 1 aliphatic carbocycles. The van der Waals surface area contributed by atoms with Crippen LogP contribution < -0.4 is 10.1 Å². The van der Waals surface area contributed by atoms with E-state index in [-0.39, 0.29) is 11.8 Å². The van der Waals surface area contributed by atoms with Crippen molar-refractivity contribution < 1.29 is 19.0 Å². The van der Waals surface area contributed by atoms with Gasteiger partial charge in [0.05, 0.1) is 19.8 Å². The van der Waals surface area contributed by atoms with Crippen molar-refractivity contribution in [3.05, 3.63) is 23.8 Å². The van der Waals surface area contributed by atoms with E-state index in [1.807, 2.05) is 18.2 Å². The van der Waals surface area contributed by atoms with Gasteiger partial charge in [-0.15, -0.1) is 0 Å². The number of benzene rings is 1. The molecule has 1 saturated heterocycles. The molecule has 0 bridgehead atoms. The standard InChI is InChI=1S/C17H21NO4/c19-16(12-3-6-17(7-4-12)21-9-10-22-17)18-14-1-2-15-13(11-14)5-8-20-15/h1-2,11-12H,3-10H2,(H,18,19). The minimum absolute atomic E-state index is 0.0444. The Bertz CT molecular complexity index is 570. The van der Waals surface area contributed by atoms with Crippen molar-refractivity contribution in [2.24, 2.45) is 5.92 Å². The summed E-state index contributed by atoms with van der Waals surface area (Å²) in [5, 5.41) is 3.04. The molecule has 2 heterocycles. The fourth-order valence-corrected chi connectivity index (χ4v) is 3.61. The number of amides is 1. The van der Waals surface area contributed by atoms with Gasteiger partial charge in [-0.05, 0) is 36.6 Å². The zero-order chi connectivity index (χ0) is 15.0. The summed E-state index contributed by atoms with van der Waals surface area (Å²) in [6, 6.07) is 5.87. The van der Waals surface area contributed by atoms with Gasteiger partial charge >= 0.3 is 0 Å². The lowest BCUT2D eigenvalue weighted by atomic mass is 9.84. The van der Waals surface area contributed by atoms with E-state index in [9.17, 15) is 4.79 Å². The Morgan fingerprint density at radius 3 is 2.68 bits per heavy atom. The molecule has 5 heteroatoms. The van der Waals surface area contributed by atoms with Crippen LogP contribution in [0.5, 0.6) is 5.75 Å². The molecule has 1 amide bonds. The first kappa shape index (κ1) is 14.0. The Hall–Kier alpha value is -1.59. The van der Waals surface area contributed by atoms with E-state index in [4.69, 9.17) is 14.2 Å². The molecule has 118 valence electrons. The van der Waals surface area contributed by atoms with Crippen molar-refractivity contribution in [2.45, 2.75) is 37.9 Å². The average Bonchev–Trinajstić information content (AvgIpc) is 3.17. The number of ether oxygens (including phenoxy) is 3. The lowest BCUT2D eigenvalue weighted by Crippen LogP contribution is -2.38. The van der Waals surface area contributed by atoms with Crippen LogP contribution in [0.1, 0.15) is 31.2 Å². The third-order valence-electron chi connectivity index (χ3n) is 4.89. The van der Waals surface area contributed by atoms with Crippen LogP contribution in [0.4, 0.5) is 5.69 Å². The largest absolute Gasteiger partial charge is 0.493 e. The maximum absolute atomic E-state index is 12.4. The second-order valence-corrected chi connectivity index (χ2v) is 6.29. The molecule has 1 N–H and O–H groups in total. The zero-order valence-electron chi connectivity index (χ0n) is 12.6. The molecule has 0 radical (unpaired) electrons. The third-order valence-corrected chi connectivity index (χ3v) is 4.89. The van der Waals surface area contributed by atoms with Crippen LogP contribution >= 0.6 is 0 Å². The van der Waals surface area contributed by atoms with Gasteiger partial charge in [0.15, 0.2) is 5.79 Å². The van der Waals surface area contributed by atoms with E-state index in [2.05, 4.69) is 5.32 Å². The molecule has 1 saturated carbocycles. The van der Waals surface area contributed by atoms with Gasteiger partial charge in [-0.3, -0.25) is 4.79 Å². The van der Waals surface area contributed by atoms with E-state index in [1.165, 1.54) is 5.56 Å². The lowest BCUT2D eigenvalue weighted by molar-refractivity contribution is -0.182. The summed E-state index contributed by atoms with van der Waals surface area (Å²) >= 11 is 0. The first-order valence-electron chi connectivity index (χ1n) is 8.09. The minimum Gasteiger partial charge on any atom is -0.493 e. The highest BCUT2D eigenvalue weighted by atomic mass is 16.7. The van der Waals surface area contributed by atoms with E-state index < -0.39 is 5.79 Å². The monoisotopic (exact) mass is 303 g/mol. The Balaban J connectivity index is 1.36. The minimum atomic E-state index is -0.401. The van der Waals surface area contributed by atoms with E-state index in [0.717, 1.165) is 50.1 Å². The van der Waals surface area contributed by atoms with Crippen molar-refractivity contribution in [2.75, 3.05) is 25.1 Å². The van der Waals surface area contributed by atoms with Gasteiger partial charge in [0.2, 0.25) is 5.91 Å². The number of nitrogens with one attached hydrogen (secondary N) is 1. The van der Waals surface area contributed by atoms with Crippen LogP contribution in [0, 0.1) is 5.92 Å². The third kappa shape index (κ3) is 2.59. The van der Waals surface area contributed by atoms with Crippen molar-refractivity contribution in [3.8, 4) is 5.75 Å². The van der Waals surface area contributed by atoms with Gasteiger partial charge in [0, 0.05) is 30.9 Å². The number of carbonyl (C=O) groups is 1. The molecule has 3 aliphatic rings. The van der Waals surface area contributed by atoms with Gasteiger partial charge in [-0.2, -0.15) is 0 Å². The van der Waals surface area contributed by atoms with Crippen LogP contribution in [-0.2, 0) is 20.7 Å². The fourth-order valence-electron chi connectivity index (χ4n) is 3.61. The molecule has 1 spiro atoms. The molecule has 0 aromatic heterocycles. The van der Waals surface area contributed by atoms with Crippen LogP contribution in [-0.4, -0.2) is 31.5 Å². The molecule has 1 aromatic rings. The van der Waals surface area contributed by atoms with Gasteiger partial charge in [0.1, 0.15) is 5.75 Å². The maximum Gasteiger partial charge on any atom is 0.227 e. The van der Waals surface area contributed by atoms with Crippen LogP contribution in [0.2, 0.25) is 0 Å². The second kappa shape index (κ2) is 5.56. The summed E-state index contributed by atoms with van der Waals surface area (Å²) in [5.41, 5.74) is 2.04. The summed E-state index contributed by atoms with van der Waals surface area (Å²) in [7, 11) is 0. The van der Waals surface area contributed by atoms with E-state index in [0.29, 0.717) is 13.2 Å². The van der Waals surface area contributed by atoms with Gasteiger partial charge in [-0.25, -0.2) is 0 Å². The first-order chi connectivity index (χ1) is 10.7. The molecule has 2 fully saturated rings. The van der Waals surface area contributed by atoms with Gasteiger partial charge < -0.3 is 19.5 Å². The number of hydrogen-bond acceptors (Lipinski definition) is 4. The molecule has 4 rings (SSSR count). The number of hydrogen-bond donors (Lipinski definition) is 1. The summed E-state index contributed by atoms with van der Waals surface area (Å²) in [6.45, 7) is 2.08. The predicted molar refractivity (Wildman–Crippen MR) is 80.9 cm³/mol. The molecular formula is C17H21NO4. The van der Waals surface area contributed by atoms with Crippen molar-refractivity contribution >= 4 is 11.6 Å². The summed E-state index contributed by atoms with van der Waals surface area (Å²) in [5.74, 6) is 0.685. The number of fused-ring (bicyclic) bond motifs is 1. The highest BCUT2D eigenvalue weighted by Crippen LogP contribution is 2.38. The molecule has 0 atom stereocenters. The Kier molecular flexibility index (Phi) is 3.54. The smallest absolute Gasteiger partial charge is 0.227 e. The molecule has 5 nitrogen and oxygen atoms in total. The highest BCUT2D eigenvalue weighted by molar-refractivity contribution is 5.92. The van der Waals surface area contributed by atoms with Crippen molar-refractivity contribution in [1.29, 1.82) is 0 Å². The second-order valence-electron chi connectivity index (χ2n) is 6.29. The topological polar surface area (TPSA) is 56.8 Å². The fraction of sp³-hybridized carbons (Fsp3) is 0.588. The van der Waals surface area contributed by atoms with E-state index >= 15 is 0 Å². The lowest BCUT2D eigenvalue weighted by Gasteiger charge is -2.34. The highest BCUT2D eigenvalue weighted by Gasteiger charge is 2.41. The normalized spacial score (nSPS) is 23.3. The maximum atomic E-state index is 12.4. The van der Waals surface area contributed by atoms with Gasteiger partial charge in [0.25, 0.3) is 0 Å². The predicted octanol–water partition coefficient (Wildman–Crippen LogP) is 2.49. The summed E-state index contributed by atoms with van der Waals surface area (Å²) in [6.07, 6.45) is 4.17. The molecule has 2 aliphatic heterocycles. The van der Waals surface area contributed by atoms with Crippen molar-refractivity contribution in [1.82, 2.24) is 0 Å². The first-order valence-corrected chi connectivity index (χ1v) is 8.09. The Morgan fingerprint density at radius 1 is 1.14 bits per heavy atom. The summed E-state index contributed by atoms with van der Waals surface area (Å²) < 4.78 is 16.9. The Labute approximate surface area is 129 Å². The average molecular weight is 303 g/mol. The summed E-state index contributed by atoms with van der Waals surface area (Å²) in [4.78, 5) is 12.4. The van der Waals surface area contributed by atoms with Crippen LogP contribution in [0.25, 0.3) is 0 Å². The van der Waals surface area contributed by atoms with E-state index in [1.54, 1.807) is 0 Å². The Morgan fingerprint density at radius 2 is 1.91 bits per heavy atom. The number of anilines is 1. The zero-order valence-corrected chi connectivity index (χ0v) is 12.6. The molecule has 0 unspecified atom stereocenters. The SMILES string of the molecule is O=C(Nc1ccc2c(c1)CCO2)C1CCC2(CC1)OCCO2.